The molecule has 0 radical (unpaired) electrons. The Morgan fingerprint density at radius 1 is 1.16 bits per heavy atom. The molecule has 0 amide bonds. The first-order valence-electron chi connectivity index (χ1n) is 9.89. The molecular weight excluding hydrogens is 449 g/mol. The van der Waals surface area contributed by atoms with Gasteiger partial charge in [0.05, 0.1) is 29.7 Å². The molecule has 0 fully saturated rings. The molecule has 32 heavy (non-hydrogen) atoms. The zero-order valence-electron chi connectivity index (χ0n) is 17.3. The van der Waals surface area contributed by atoms with Gasteiger partial charge in [-0.3, -0.25) is 4.79 Å². The molecule has 0 aromatic heterocycles. The molecule has 1 atom stereocenters. The number of carbonyl (C=O) groups is 2. The number of hydrogen-bond donors (Lipinski definition) is 0. The maximum Gasteiger partial charge on any atom is 0.416 e. The Labute approximate surface area is 187 Å². The van der Waals surface area contributed by atoms with E-state index in [-0.39, 0.29) is 41.1 Å². The zero-order valence-corrected chi connectivity index (χ0v) is 18.0. The van der Waals surface area contributed by atoms with Crippen molar-refractivity contribution in [1.82, 2.24) is 0 Å². The number of ether oxygens (including phenoxy) is 3. The predicted molar refractivity (Wildman–Crippen MR) is 111 cm³/mol. The predicted octanol–water partition coefficient (Wildman–Crippen LogP) is 6.05. The molecule has 1 aliphatic rings. The summed E-state index contributed by atoms with van der Waals surface area (Å²) in [5.74, 6) is -1.04. The number of Topliss-reactive ketones (excluding diaryl/α,β-unsaturated/α-hetero) is 1. The number of halogens is 4. The van der Waals surface area contributed by atoms with Crippen LogP contribution >= 0.6 is 11.6 Å². The largest absolute Gasteiger partial charge is 0.491 e. The quantitative estimate of drug-likeness (QED) is 0.381. The average Bonchev–Trinajstić information content (AvgIpc) is 2.75. The summed E-state index contributed by atoms with van der Waals surface area (Å²) in [4.78, 5) is 25.1. The minimum Gasteiger partial charge on any atom is -0.491 e. The molecule has 5 nitrogen and oxygen atoms in total. The number of rotatable bonds is 6. The normalized spacial score (nSPS) is 16.6. The summed E-state index contributed by atoms with van der Waals surface area (Å²) in [6.07, 6.45) is -3.99. The van der Waals surface area contributed by atoms with E-state index in [1.54, 1.807) is 19.1 Å². The summed E-state index contributed by atoms with van der Waals surface area (Å²) in [5, 5.41) is -0.192. The molecule has 0 bridgehead atoms. The third-order valence-electron chi connectivity index (χ3n) is 4.85. The van der Waals surface area contributed by atoms with Crippen molar-refractivity contribution >= 4 is 29.1 Å². The molecular formula is C23H20ClF3O5. The van der Waals surface area contributed by atoms with Crippen LogP contribution in [-0.4, -0.2) is 25.0 Å². The van der Waals surface area contributed by atoms with E-state index in [0.717, 1.165) is 18.2 Å². The molecule has 3 rings (SSSR count). The van der Waals surface area contributed by atoms with Crippen LogP contribution in [0.4, 0.5) is 13.2 Å². The van der Waals surface area contributed by atoms with Gasteiger partial charge >= 0.3 is 12.1 Å². The van der Waals surface area contributed by atoms with Crippen LogP contribution in [0.3, 0.4) is 0 Å². The SMILES string of the molecule is CCOC(=O)C1=C(c2ccc(Oc3ccc(C(F)(F)F)cc3Cl)cc2)OCC(CC)C1=O. The van der Waals surface area contributed by atoms with E-state index in [2.05, 4.69) is 0 Å². The monoisotopic (exact) mass is 468 g/mol. The van der Waals surface area contributed by atoms with E-state index in [1.807, 2.05) is 6.92 Å². The van der Waals surface area contributed by atoms with Gasteiger partial charge in [-0.15, -0.1) is 0 Å². The lowest BCUT2D eigenvalue weighted by atomic mass is 9.91. The lowest BCUT2D eigenvalue weighted by Crippen LogP contribution is -2.31. The molecule has 0 N–H and O–H groups in total. The number of alkyl halides is 3. The van der Waals surface area contributed by atoms with E-state index < -0.39 is 23.6 Å². The fraction of sp³-hybridized carbons (Fsp3) is 0.304. The van der Waals surface area contributed by atoms with Crippen molar-refractivity contribution in [3.63, 3.8) is 0 Å². The van der Waals surface area contributed by atoms with Crippen molar-refractivity contribution in [3.05, 3.63) is 64.2 Å². The van der Waals surface area contributed by atoms with Gasteiger partial charge in [0.2, 0.25) is 0 Å². The van der Waals surface area contributed by atoms with Crippen LogP contribution in [0.25, 0.3) is 5.76 Å². The van der Waals surface area contributed by atoms with Crippen molar-refractivity contribution in [3.8, 4) is 11.5 Å². The molecule has 0 saturated carbocycles. The lowest BCUT2D eigenvalue weighted by Gasteiger charge is -2.25. The first-order chi connectivity index (χ1) is 15.2. The van der Waals surface area contributed by atoms with Crippen molar-refractivity contribution < 1.29 is 37.0 Å². The molecule has 170 valence electrons. The van der Waals surface area contributed by atoms with Crippen molar-refractivity contribution in [2.75, 3.05) is 13.2 Å². The summed E-state index contributed by atoms with van der Waals surface area (Å²) in [5.41, 5.74) is -0.556. The highest BCUT2D eigenvalue weighted by molar-refractivity contribution is 6.32. The Morgan fingerprint density at radius 2 is 1.84 bits per heavy atom. The Balaban J connectivity index is 1.88. The van der Waals surface area contributed by atoms with Crippen molar-refractivity contribution in [2.45, 2.75) is 26.4 Å². The number of hydrogen-bond acceptors (Lipinski definition) is 5. The molecule has 1 heterocycles. The summed E-state index contributed by atoms with van der Waals surface area (Å²) in [6, 6.07) is 8.99. The summed E-state index contributed by atoms with van der Waals surface area (Å²) in [7, 11) is 0. The van der Waals surface area contributed by atoms with Gasteiger partial charge in [-0.25, -0.2) is 4.79 Å². The van der Waals surface area contributed by atoms with Crippen molar-refractivity contribution in [1.29, 1.82) is 0 Å². The summed E-state index contributed by atoms with van der Waals surface area (Å²) >= 11 is 5.92. The van der Waals surface area contributed by atoms with Crippen LogP contribution < -0.4 is 4.74 Å². The number of esters is 1. The number of ketones is 1. The fourth-order valence-corrected chi connectivity index (χ4v) is 3.36. The second kappa shape index (κ2) is 9.65. The Bertz CT molecular complexity index is 1040. The van der Waals surface area contributed by atoms with Crippen LogP contribution in [0.5, 0.6) is 11.5 Å². The minimum atomic E-state index is -4.51. The highest BCUT2D eigenvalue weighted by Crippen LogP contribution is 2.37. The van der Waals surface area contributed by atoms with E-state index in [4.69, 9.17) is 25.8 Å². The van der Waals surface area contributed by atoms with E-state index in [1.165, 1.54) is 12.1 Å². The smallest absolute Gasteiger partial charge is 0.416 e. The van der Waals surface area contributed by atoms with E-state index in [9.17, 15) is 22.8 Å². The lowest BCUT2D eigenvalue weighted by molar-refractivity contribution is -0.141. The summed E-state index contributed by atoms with van der Waals surface area (Å²) in [6.45, 7) is 3.73. The molecule has 2 aromatic carbocycles. The van der Waals surface area contributed by atoms with Gasteiger partial charge in [0.15, 0.2) is 5.78 Å². The second-order valence-electron chi connectivity index (χ2n) is 6.97. The van der Waals surface area contributed by atoms with Gasteiger partial charge in [-0.2, -0.15) is 13.2 Å². The van der Waals surface area contributed by atoms with Gasteiger partial charge < -0.3 is 14.2 Å². The Kier molecular flexibility index (Phi) is 7.13. The number of benzene rings is 2. The maximum absolute atomic E-state index is 12.8. The molecule has 0 saturated heterocycles. The van der Waals surface area contributed by atoms with Crippen LogP contribution in [0.1, 0.15) is 31.4 Å². The fourth-order valence-electron chi connectivity index (χ4n) is 3.14. The summed E-state index contributed by atoms with van der Waals surface area (Å²) < 4.78 is 54.7. The highest BCUT2D eigenvalue weighted by atomic mass is 35.5. The zero-order chi connectivity index (χ0) is 23.5. The van der Waals surface area contributed by atoms with Crippen LogP contribution in [-0.2, 0) is 25.2 Å². The van der Waals surface area contributed by atoms with Gasteiger partial charge in [0.1, 0.15) is 22.8 Å². The molecule has 9 heteroatoms. The van der Waals surface area contributed by atoms with Gasteiger partial charge in [0, 0.05) is 5.56 Å². The molecule has 1 aliphatic heterocycles. The molecule has 2 aromatic rings. The van der Waals surface area contributed by atoms with E-state index in [0.29, 0.717) is 17.7 Å². The van der Waals surface area contributed by atoms with Gasteiger partial charge in [-0.1, -0.05) is 18.5 Å². The minimum absolute atomic E-state index is 0.0497. The standard InChI is InChI=1S/C23H20ClF3O5/c1-3-13-12-31-21(19(20(13)28)22(29)30-4-2)14-5-8-16(9-6-14)32-18-10-7-15(11-17(18)24)23(25,26)27/h5-11,13H,3-4,12H2,1-2H3. The Hall–Kier alpha value is -3.00. The van der Waals surface area contributed by atoms with Crippen LogP contribution in [0, 0.1) is 5.92 Å². The van der Waals surface area contributed by atoms with E-state index >= 15 is 0 Å². The van der Waals surface area contributed by atoms with Gasteiger partial charge in [0.25, 0.3) is 0 Å². The highest BCUT2D eigenvalue weighted by Gasteiger charge is 2.36. The van der Waals surface area contributed by atoms with Crippen LogP contribution in [0.2, 0.25) is 5.02 Å². The average molecular weight is 469 g/mol. The molecule has 0 spiro atoms. The Morgan fingerprint density at radius 3 is 2.41 bits per heavy atom. The first kappa shape index (κ1) is 23.7. The third kappa shape index (κ3) is 5.07. The second-order valence-corrected chi connectivity index (χ2v) is 7.38. The molecule has 1 unspecified atom stereocenters. The third-order valence-corrected chi connectivity index (χ3v) is 5.14. The van der Waals surface area contributed by atoms with Crippen LogP contribution in [0.15, 0.2) is 48.0 Å². The topological polar surface area (TPSA) is 61.8 Å². The van der Waals surface area contributed by atoms with Gasteiger partial charge in [-0.05, 0) is 55.8 Å². The maximum atomic E-state index is 12.8. The molecule has 0 aliphatic carbocycles. The first-order valence-corrected chi connectivity index (χ1v) is 10.3. The van der Waals surface area contributed by atoms with Crippen molar-refractivity contribution in [2.24, 2.45) is 5.92 Å². The number of carbonyl (C=O) groups excluding carboxylic acids is 2.